The highest BCUT2D eigenvalue weighted by atomic mass is 16.2. The van der Waals surface area contributed by atoms with Crippen LogP contribution in [0.5, 0.6) is 0 Å². The van der Waals surface area contributed by atoms with Gasteiger partial charge in [-0.2, -0.15) is 5.10 Å². The van der Waals surface area contributed by atoms with Gasteiger partial charge in [-0.1, -0.05) is 12.1 Å². The molecule has 1 aliphatic rings. The molecule has 1 fully saturated rings. The second-order valence-electron chi connectivity index (χ2n) is 8.00. The van der Waals surface area contributed by atoms with Gasteiger partial charge in [0.05, 0.1) is 16.6 Å². The molecule has 0 radical (unpaired) electrons. The predicted molar refractivity (Wildman–Crippen MR) is 115 cm³/mol. The van der Waals surface area contributed by atoms with Crippen LogP contribution in [0.25, 0.3) is 10.9 Å². The second kappa shape index (κ2) is 8.02. The molecule has 1 saturated heterocycles. The van der Waals surface area contributed by atoms with Crippen molar-refractivity contribution in [3.05, 3.63) is 57.4 Å². The molecule has 0 bridgehead atoms. The molecule has 3 heterocycles. The van der Waals surface area contributed by atoms with Crippen molar-refractivity contribution in [1.29, 1.82) is 0 Å². The maximum absolute atomic E-state index is 12.9. The Labute approximate surface area is 175 Å². The Hall–Kier alpha value is -3.00. The zero-order chi connectivity index (χ0) is 21.4. The summed E-state index contributed by atoms with van der Waals surface area (Å²) in [6.45, 7) is 9.72. The van der Waals surface area contributed by atoms with E-state index in [2.05, 4.69) is 21.9 Å². The minimum Gasteiger partial charge on any atom is -0.339 e. The van der Waals surface area contributed by atoms with Gasteiger partial charge < -0.3 is 4.90 Å². The first kappa shape index (κ1) is 20.3. The lowest BCUT2D eigenvalue weighted by Gasteiger charge is -2.35. The Morgan fingerprint density at radius 3 is 2.43 bits per heavy atom. The van der Waals surface area contributed by atoms with Crippen molar-refractivity contribution >= 4 is 16.8 Å². The summed E-state index contributed by atoms with van der Waals surface area (Å²) in [6.07, 6.45) is 0. The number of rotatable bonds is 4. The topological polar surface area (TPSA) is 76.3 Å². The zero-order valence-electron chi connectivity index (χ0n) is 18.1. The Bertz CT molecular complexity index is 1150. The third-order valence-electron chi connectivity index (χ3n) is 6.11. The summed E-state index contributed by atoms with van der Waals surface area (Å²) >= 11 is 0. The van der Waals surface area contributed by atoms with Crippen LogP contribution in [0, 0.1) is 20.8 Å². The highest BCUT2D eigenvalue weighted by Gasteiger charge is 2.24. The van der Waals surface area contributed by atoms with Crippen LogP contribution in [-0.2, 0) is 24.9 Å². The molecule has 0 unspecified atom stereocenters. The molecule has 158 valence electrons. The number of aromatic nitrogens is 4. The molecule has 1 aliphatic heterocycles. The molecule has 4 rings (SSSR count). The minimum atomic E-state index is -0.160. The second-order valence-corrected chi connectivity index (χ2v) is 8.00. The van der Waals surface area contributed by atoms with Crippen molar-refractivity contribution in [2.45, 2.75) is 33.9 Å². The van der Waals surface area contributed by atoms with Crippen LogP contribution in [0.15, 0.2) is 29.1 Å². The van der Waals surface area contributed by atoms with E-state index >= 15 is 0 Å². The normalized spacial score (nSPS) is 15.1. The molecule has 1 amide bonds. The smallest absolute Gasteiger partial charge is 0.261 e. The molecular weight excluding hydrogens is 380 g/mol. The van der Waals surface area contributed by atoms with Crippen LogP contribution in [-0.4, -0.2) is 61.2 Å². The fourth-order valence-corrected chi connectivity index (χ4v) is 4.13. The number of benzene rings is 1. The van der Waals surface area contributed by atoms with E-state index in [0.717, 1.165) is 25.3 Å². The SMILES string of the molecule is Cc1nn(C)c(C)c1CN1CCN(C(=O)Cn2c(C)nc3ccccc3c2=O)CC1. The maximum Gasteiger partial charge on any atom is 0.261 e. The van der Waals surface area contributed by atoms with E-state index in [1.165, 1.54) is 15.8 Å². The number of carbonyl (C=O) groups excluding carboxylic acids is 1. The molecule has 0 aliphatic carbocycles. The highest BCUT2D eigenvalue weighted by molar-refractivity contribution is 5.79. The van der Waals surface area contributed by atoms with Crippen LogP contribution in [0.4, 0.5) is 0 Å². The summed E-state index contributed by atoms with van der Waals surface area (Å²) in [5.41, 5.74) is 4.02. The van der Waals surface area contributed by atoms with E-state index in [0.29, 0.717) is 29.8 Å². The summed E-state index contributed by atoms with van der Waals surface area (Å²) in [5, 5.41) is 5.04. The third-order valence-corrected chi connectivity index (χ3v) is 6.11. The van der Waals surface area contributed by atoms with Crippen molar-refractivity contribution in [2.75, 3.05) is 26.2 Å². The predicted octanol–water partition coefficient (Wildman–Crippen LogP) is 1.40. The number of para-hydroxylation sites is 1. The minimum absolute atomic E-state index is 0.0311. The van der Waals surface area contributed by atoms with E-state index in [-0.39, 0.29) is 18.0 Å². The van der Waals surface area contributed by atoms with Gasteiger partial charge in [0.1, 0.15) is 12.4 Å². The molecule has 8 nitrogen and oxygen atoms in total. The number of nitrogens with zero attached hydrogens (tertiary/aromatic N) is 6. The summed E-state index contributed by atoms with van der Waals surface area (Å²) < 4.78 is 3.40. The standard InChI is InChI=1S/C22H28N6O2/c1-15-19(16(2)25(4)24-15)13-26-9-11-27(12-10-26)21(29)14-28-17(3)23-20-8-6-5-7-18(20)22(28)30/h5-8H,9-14H2,1-4H3. The number of amides is 1. The molecule has 8 heteroatoms. The summed E-state index contributed by atoms with van der Waals surface area (Å²) in [4.78, 5) is 34.4. The van der Waals surface area contributed by atoms with Gasteiger partial charge in [-0.05, 0) is 32.9 Å². The van der Waals surface area contributed by atoms with Gasteiger partial charge in [0, 0.05) is 51.0 Å². The van der Waals surface area contributed by atoms with Crippen molar-refractivity contribution in [1.82, 2.24) is 29.1 Å². The molecular formula is C22H28N6O2. The van der Waals surface area contributed by atoms with Crippen LogP contribution >= 0.6 is 0 Å². The lowest BCUT2D eigenvalue weighted by Crippen LogP contribution is -2.49. The van der Waals surface area contributed by atoms with Gasteiger partial charge in [-0.25, -0.2) is 4.98 Å². The maximum atomic E-state index is 12.9. The quantitative estimate of drug-likeness (QED) is 0.652. The van der Waals surface area contributed by atoms with Crippen LogP contribution in [0.1, 0.15) is 22.8 Å². The Morgan fingerprint density at radius 1 is 1.07 bits per heavy atom. The van der Waals surface area contributed by atoms with Crippen molar-refractivity contribution in [3.8, 4) is 0 Å². The molecule has 0 spiro atoms. The first-order valence-corrected chi connectivity index (χ1v) is 10.3. The number of carbonyl (C=O) groups is 1. The average molecular weight is 409 g/mol. The van der Waals surface area contributed by atoms with Gasteiger partial charge in [0.15, 0.2) is 0 Å². The monoisotopic (exact) mass is 408 g/mol. The number of piperazine rings is 1. The number of fused-ring (bicyclic) bond motifs is 1. The summed E-state index contributed by atoms with van der Waals surface area (Å²) in [5.74, 6) is 0.527. The number of aryl methyl sites for hydroxylation is 3. The lowest BCUT2D eigenvalue weighted by molar-refractivity contribution is -0.133. The van der Waals surface area contributed by atoms with Crippen molar-refractivity contribution in [3.63, 3.8) is 0 Å². The third kappa shape index (κ3) is 3.75. The molecule has 2 aromatic heterocycles. The fraction of sp³-hybridized carbons (Fsp3) is 0.455. The van der Waals surface area contributed by atoms with E-state index in [4.69, 9.17) is 0 Å². The van der Waals surface area contributed by atoms with Crippen LogP contribution in [0.2, 0.25) is 0 Å². The van der Waals surface area contributed by atoms with Crippen molar-refractivity contribution < 1.29 is 4.79 Å². The first-order valence-electron chi connectivity index (χ1n) is 10.3. The first-order chi connectivity index (χ1) is 14.3. The van der Waals surface area contributed by atoms with E-state index in [9.17, 15) is 9.59 Å². The highest BCUT2D eigenvalue weighted by Crippen LogP contribution is 2.16. The van der Waals surface area contributed by atoms with E-state index in [1.807, 2.05) is 41.8 Å². The summed E-state index contributed by atoms with van der Waals surface area (Å²) in [6, 6.07) is 7.25. The Balaban J connectivity index is 1.42. The van der Waals surface area contributed by atoms with Gasteiger partial charge in [-0.3, -0.25) is 23.7 Å². The molecule has 0 N–H and O–H groups in total. The molecule has 1 aromatic carbocycles. The number of hydrogen-bond donors (Lipinski definition) is 0. The van der Waals surface area contributed by atoms with Crippen LogP contribution < -0.4 is 5.56 Å². The Kier molecular flexibility index (Phi) is 5.42. The molecule has 0 atom stereocenters. The lowest BCUT2D eigenvalue weighted by atomic mass is 10.1. The van der Waals surface area contributed by atoms with E-state index < -0.39 is 0 Å². The van der Waals surface area contributed by atoms with Crippen molar-refractivity contribution in [2.24, 2.45) is 7.05 Å². The molecule has 0 saturated carbocycles. The molecule has 30 heavy (non-hydrogen) atoms. The largest absolute Gasteiger partial charge is 0.339 e. The van der Waals surface area contributed by atoms with Gasteiger partial charge in [0.2, 0.25) is 5.91 Å². The van der Waals surface area contributed by atoms with Gasteiger partial charge in [0.25, 0.3) is 5.56 Å². The molecule has 3 aromatic rings. The fourth-order valence-electron chi connectivity index (χ4n) is 4.13. The Morgan fingerprint density at radius 2 is 1.77 bits per heavy atom. The van der Waals surface area contributed by atoms with E-state index in [1.54, 1.807) is 13.0 Å². The zero-order valence-corrected chi connectivity index (χ0v) is 18.1. The summed E-state index contributed by atoms with van der Waals surface area (Å²) in [7, 11) is 1.97. The van der Waals surface area contributed by atoms with Crippen LogP contribution in [0.3, 0.4) is 0 Å². The van der Waals surface area contributed by atoms with Gasteiger partial charge >= 0.3 is 0 Å². The van der Waals surface area contributed by atoms with Gasteiger partial charge in [-0.15, -0.1) is 0 Å². The number of hydrogen-bond acceptors (Lipinski definition) is 5. The average Bonchev–Trinajstić information content (AvgIpc) is 2.97.